The van der Waals surface area contributed by atoms with Gasteiger partial charge in [-0.25, -0.2) is 0 Å². The molecule has 1 aliphatic heterocycles. The van der Waals surface area contributed by atoms with Crippen molar-refractivity contribution in [3.8, 4) is 0 Å². The molecule has 1 rings (SSSR count). The van der Waals surface area contributed by atoms with Gasteiger partial charge in [0.1, 0.15) is 0 Å². The first-order valence-corrected chi connectivity index (χ1v) is 6.08. The molecule has 1 saturated heterocycles. The standard InChI is InChI=1S/C12H24N2O/c1-9-5-4-8-14(11(9)3)12(15)10(2)6-7-13/h9-11H,4-8,13H2,1-3H3. The summed E-state index contributed by atoms with van der Waals surface area (Å²) in [6, 6.07) is 0.395. The van der Waals surface area contributed by atoms with Gasteiger partial charge in [-0.05, 0) is 38.6 Å². The van der Waals surface area contributed by atoms with Crippen molar-refractivity contribution in [3.05, 3.63) is 0 Å². The van der Waals surface area contributed by atoms with Crippen molar-refractivity contribution in [1.29, 1.82) is 0 Å². The summed E-state index contributed by atoms with van der Waals surface area (Å²) in [7, 11) is 0. The molecule has 0 aromatic rings. The Hall–Kier alpha value is -0.570. The van der Waals surface area contributed by atoms with Gasteiger partial charge in [0.15, 0.2) is 0 Å². The molecule has 0 saturated carbocycles. The molecule has 3 nitrogen and oxygen atoms in total. The highest BCUT2D eigenvalue weighted by Crippen LogP contribution is 2.24. The van der Waals surface area contributed by atoms with Crippen molar-refractivity contribution < 1.29 is 4.79 Å². The maximum atomic E-state index is 12.1. The molecule has 3 atom stereocenters. The zero-order valence-electron chi connectivity index (χ0n) is 10.2. The van der Waals surface area contributed by atoms with Crippen LogP contribution in [0.4, 0.5) is 0 Å². The molecule has 0 aromatic heterocycles. The van der Waals surface area contributed by atoms with Crippen molar-refractivity contribution in [2.24, 2.45) is 17.6 Å². The Morgan fingerprint density at radius 1 is 1.53 bits per heavy atom. The van der Waals surface area contributed by atoms with E-state index in [0.29, 0.717) is 24.4 Å². The molecule has 3 unspecified atom stereocenters. The van der Waals surface area contributed by atoms with Crippen LogP contribution in [0.15, 0.2) is 0 Å². The number of piperidine rings is 1. The minimum Gasteiger partial charge on any atom is -0.339 e. The molecule has 0 aromatic carbocycles. The van der Waals surface area contributed by atoms with Crippen LogP contribution in [0.1, 0.15) is 40.0 Å². The molecular weight excluding hydrogens is 188 g/mol. The third-order valence-electron chi connectivity index (χ3n) is 3.68. The van der Waals surface area contributed by atoms with Gasteiger partial charge in [0.25, 0.3) is 0 Å². The maximum absolute atomic E-state index is 12.1. The highest BCUT2D eigenvalue weighted by Gasteiger charge is 2.30. The number of hydrogen-bond acceptors (Lipinski definition) is 2. The predicted octanol–water partition coefficient (Wildman–Crippen LogP) is 1.62. The number of likely N-dealkylation sites (tertiary alicyclic amines) is 1. The van der Waals surface area contributed by atoms with E-state index in [-0.39, 0.29) is 5.92 Å². The van der Waals surface area contributed by atoms with Crippen LogP contribution in [0.5, 0.6) is 0 Å². The molecule has 88 valence electrons. The molecule has 0 bridgehead atoms. The molecule has 15 heavy (non-hydrogen) atoms. The Kier molecular flexibility index (Phi) is 4.58. The van der Waals surface area contributed by atoms with Crippen molar-refractivity contribution in [2.45, 2.75) is 46.1 Å². The summed E-state index contributed by atoms with van der Waals surface area (Å²) in [6.45, 7) is 7.92. The third kappa shape index (κ3) is 2.94. The van der Waals surface area contributed by atoms with Gasteiger partial charge in [0, 0.05) is 18.5 Å². The predicted molar refractivity (Wildman–Crippen MR) is 62.4 cm³/mol. The molecule has 0 spiro atoms. The summed E-state index contributed by atoms with van der Waals surface area (Å²) in [5.74, 6) is 1.01. The average Bonchev–Trinajstić information content (AvgIpc) is 2.21. The molecule has 1 amide bonds. The minimum atomic E-state index is 0.0859. The van der Waals surface area contributed by atoms with E-state index < -0.39 is 0 Å². The monoisotopic (exact) mass is 212 g/mol. The first-order valence-electron chi connectivity index (χ1n) is 6.08. The van der Waals surface area contributed by atoms with Crippen molar-refractivity contribution in [2.75, 3.05) is 13.1 Å². The van der Waals surface area contributed by atoms with E-state index in [1.165, 1.54) is 6.42 Å². The number of carbonyl (C=O) groups is 1. The molecule has 1 aliphatic rings. The lowest BCUT2D eigenvalue weighted by Gasteiger charge is -2.39. The van der Waals surface area contributed by atoms with Crippen LogP contribution >= 0.6 is 0 Å². The Morgan fingerprint density at radius 2 is 2.20 bits per heavy atom. The van der Waals surface area contributed by atoms with E-state index in [1.807, 2.05) is 6.92 Å². The van der Waals surface area contributed by atoms with E-state index in [1.54, 1.807) is 0 Å². The normalized spacial score (nSPS) is 28.9. The topological polar surface area (TPSA) is 46.3 Å². The van der Waals surface area contributed by atoms with Crippen molar-refractivity contribution in [3.63, 3.8) is 0 Å². The Balaban J connectivity index is 2.57. The van der Waals surface area contributed by atoms with E-state index in [2.05, 4.69) is 18.7 Å². The third-order valence-corrected chi connectivity index (χ3v) is 3.68. The molecular formula is C12H24N2O. The Labute approximate surface area is 93.0 Å². The van der Waals surface area contributed by atoms with Gasteiger partial charge in [-0.2, -0.15) is 0 Å². The lowest BCUT2D eigenvalue weighted by Crippen LogP contribution is -2.48. The van der Waals surface area contributed by atoms with Crippen LogP contribution < -0.4 is 5.73 Å². The van der Waals surface area contributed by atoms with Crippen LogP contribution in [-0.2, 0) is 4.79 Å². The first-order chi connectivity index (χ1) is 7.07. The van der Waals surface area contributed by atoms with Gasteiger partial charge >= 0.3 is 0 Å². The molecule has 0 radical (unpaired) electrons. The van der Waals surface area contributed by atoms with Gasteiger partial charge < -0.3 is 10.6 Å². The van der Waals surface area contributed by atoms with Gasteiger partial charge in [-0.15, -0.1) is 0 Å². The Morgan fingerprint density at radius 3 is 2.80 bits per heavy atom. The summed E-state index contributed by atoms with van der Waals surface area (Å²) in [6.07, 6.45) is 3.19. The summed E-state index contributed by atoms with van der Waals surface area (Å²) >= 11 is 0. The van der Waals surface area contributed by atoms with E-state index in [0.717, 1.165) is 19.4 Å². The maximum Gasteiger partial charge on any atom is 0.225 e. The highest BCUT2D eigenvalue weighted by molar-refractivity contribution is 5.78. The number of hydrogen-bond donors (Lipinski definition) is 1. The van der Waals surface area contributed by atoms with E-state index in [4.69, 9.17) is 5.73 Å². The molecule has 1 fully saturated rings. The van der Waals surface area contributed by atoms with Crippen LogP contribution in [0.25, 0.3) is 0 Å². The minimum absolute atomic E-state index is 0.0859. The second kappa shape index (κ2) is 5.50. The number of carbonyl (C=O) groups excluding carboxylic acids is 1. The highest BCUT2D eigenvalue weighted by atomic mass is 16.2. The van der Waals surface area contributed by atoms with Crippen LogP contribution in [0.3, 0.4) is 0 Å². The van der Waals surface area contributed by atoms with Gasteiger partial charge in [-0.1, -0.05) is 13.8 Å². The average molecular weight is 212 g/mol. The SMILES string of the molecule is CC(CCN)C(=O)N1CCCC(C)C1C. The molecule has 2 N–H and O–H groups in total. The van der Waals surface area contributed by atoms with Crippen molar-refractivity contribution in [1.82, 2.24) is 4.90 Å². The lowest BCUT2D eigenvalue weighted by atomic mass is 9.90. The molecule has 3 heteroatoms. The van der Waals surface area contributed by atoms with E-state index in [9.17, 15) is 4.79 Å². The lowest BCUT2D eigenvalue weighted by molar-refractivity contribution is -0.139. The molecule has 0 aliphatic carbocycles. The van der Waals surface area contributed by atoms with Crippen LogP contribution in [0.2, 0.25) is 0 Å². The number of nitrogens with two attached hydrogens (primary N) is 1. The quantitative estimate of drug-likeness (QED) is 0.772. The fraction of sp³-hybridized carbons (Fsp3) is 0.917. The van der Waals surface area contributed by atoms with Crippen molar-refractivity contribution >= 4 is 5.91 Å². The fourth-order valence-electron chi connectivity index (χ4n) is 2.30. The summed E-state index contributed by atoms with van der Waals surface area (Å²) in [5.41, 5.74) is 5.49. The van der Waals surface area contributed by atoms with Gasteiger partial charge in [0.2, 0.25) is 5.91 Å². The van der Waals surface area contributed by atoms with Gasteiger partial charge in [-0.3, -0.25) is 4.79 Å². The Bertz CT molecular complexity index is 218. The zero-order chi connectivity index (χ0) is 11.4. The first kappa shape index (κ1) is 12.5. The number of amides is 1. The fourth-order valence-corrected chi connectivity index (χ4v) is 2.30. The van der Waals surface area contributed by atoms with E-state index >= 15 is 0 Å². The summed E-state index contributed by atoms with van der Waals surface area (Å²) < 4.78 is 0. The summed E-state index contributed by atoms with van der Waals surface area (Å²) in [5, 5.41) is 0. The second-order valence-corrected chi connectivity index (χ2v) is 4.87. The number of rotatable bonds is 3. The van der Waals surface area contributed by atoms with Crippen LogP contribution in [0, 0.1) is 11.8 Å². The molecule has 1 heterocycles. The second-order valence-electron chi connectivity index (χ2n) is 4.87. The number of nitrogens with zero attached hydrogens (tertiary/aromatic N) is 1. The largest absolute Gasteiger partial charge is 0.339 e. The van der Waals surface area contributed by atoms with Gasteiger partial charge in [0.05, 0.1) is 0 Å². The summed E-state index contributed by atoms with van der Waals surface area (Å²) in [4.78, 5) is 14.2. The smallest absolute Gasteiger partial charge is 0.225 e. The zero-order valence-corrected chi connectivity index (χ0v) is 10.2. The van der Waals surface area contributed by atoms with Crippen LogP contribution in [-0.4, -0.2) is 29.9 Å².